The molecule has 1 aliphatic carbocycles. The van der Waals surface area contributed by atoms with Crippen molar-refractivity contribution in [1.82, 2.24) is 15.8 Å². The molecule has 29 heavy (non-hydrogen) atoms. The Kier molecular flexibility index (Phi) is 5.53. The maximum Gasteiger partial charge on any atom is 0.251 e. The molecule has 3 N–H and O–H groups in total. The molecule has 4 rings (SSSR count). The fourth-order valence-electron chi connectivity index (χ4n) is 3.89. The molecule has 3 atom stereocenters. The number of hydrogen-bond acceptors (Lipinski definition) is 6. The molecule has 1 aliphatic heterocycles. The molecule has 0 spiro atoms. The minimum Gasteiger partial charge on any atom is -0.387 e. The monoisotopic (exact) mass is 394 g/mol. The third-order valence-electron chi connectivity index (χ3n) is 5.49. The van der Waals surface area contributed by atoms with Gasteiger partial charge in [-0.05, 0) is 42.7 Å². The Balaban J connectivity index is 1.37. The third kappa shape index (κ3) is 4.12. The Morgan fingerprint density at radius 3 is 2.69 bits per heavy atom. The molecule has 0 bridgehead atoms. The number of hydroxylamine groups is 1. The van der Waals surface area contributed by atoms with E-state index in [-0.39, 0.29) is 18.1 Å². The lowest BCUT2D eigenvalue weighted by Gasteiger charge is -2.19. The second-order valence-electron chi connectivity index (χ2n) is 7.29. The number of aromatic nitrogens is 1. The van der Waals surface area contributed by atoms with Crippen LogP contribution in [0.2, 0.25) is 0 Å². The quantitative estimate of drug-likeness (QED) is 0.532. The normalized spacial score (nSPS) is 23.2. The van der Waals surface area contributed by atoms with Crippen LogP contribution in [0.5, 0.6) is 0 Å². The summed E-state index contributed by atoms with van der Waals surface area (Å²) in [7, 11) is 0. The highest BCUT2D eigenvalue weighted by Gasteiger charge is 2.34. The van der Waals surface area contributed by atoms with E-state index in [1.165, 1.54) is 0 Å². The second-order valence-corrected chi connectivity index (χ2v) is 7.29. The van der Waals surface area contributed by atoms with Gasteiger partial charge in [0, 0.05) is 36.0 Å². The summed E-state index contributed by atoms with van der Waals surface area (Å²) in [5.74, 6) is -1.09. The summed E-state index contributed by atoms with van der Waals surface area (Å²) >= 11 is 0. The van der Waals surface area contributed by atoms with Gasteiger partial charge in [-0.15, -0.1) is 0 Å². The smallest absolute Gasteiger partial charge is 0.251 e. The predicted molar refractivity (Wildman–Crippen MR) is 104 cm³/mol. The average Bonchev–Trinajstić information content (AvgIpc) is 3.44. The van der Waals surface area contributed by atoms with Crippen molar-refractivity contribution in [1.29, 1.82) is 0 Å². The Morgan fingerprint density at radius 1 is 1.14 bits per heavy atom. The molecule has 3 unspecified atom stereocenters. The van der Waals surface area contributed by atoms with E-state index in [0.29, 0.717) is 24.8 Å². The molecule has 150 valence electrons. The topological polar surface area (TPSA) is 113 Å². The van der Waals surface area contributed by atoms with Crippen molar-refractivity contribution < 1.29 is 19.6 Å². The molecule has 0 radical (unpaired) electrons. The van der Waals surface area contributed by atoms with E-state index < -0.39 is 11.8 Å². The highest BCUT2D eigenvalue weighted by atomic mass is 16.6. The van der Waals surface area contributed by atoms with E-state index in [0.717, 1.165) is 23.3 Å². The lowest BCUT2D eigenvalue weighted by atomic mass is 9.99. The molecule has 1 fully saturated rings. The fraction of sp³-hybridized carbons (Fsp3) is 0.333. The Hall–Kier alpha value is -3.26. The van der Waals surface area contributed by atoms with Gasteiger partial charge in [-0.2, -0.15) is 0 Å². The highest BCUT2D eigenvalue weighted by Crippen LogP contribution is 2.30. The van der Waals surface area contributed by atoms with Crippen LogP contribution in [0.3, 0.4) is 0 Å². The van der Waals surface area contributed by atoms with Crippen LogP contribution < -0.4 is 10.8 Å². The number of nitrogens with zero attached hydrogens (tertiary/aromatic N) is 2. The molecular weight excluding hydrogens is 372 g/mol. The molecule has 2 aromatic rings. The Labute approximate surface area is 167 Å². The number of hydrogen-bond donors (Lipinski definition) is 3. The number of amides is 2. The standard InChI is InChI=1S/C21H22N4O4/c26-20(23-17-5-1-4-16(17)21(27)24-28)14-8-6-13(7-9-14)19-11-18(25-29-19)15-3-2-10-22-12-15/h2-3,6-10,12,16-17,19,28H,1,4-5,11H2,(H,23,26)(H,24,27). The fourth-order valence-corrected chi connectivity index (χ4v) is 3.89. The van der Waals surface area contributed by atoms with E-state index >= 15 is 0 Å². The first kappa shape index (κ1) is 19.1. The second kappa shape index (κ2) is 8.40. The molecule has 1 aromatic heterocycles. The van der Waals surface area contributed by atoms with Crippen LogP contribution in [-0.2, 0) is 9.63 Å². The van der Waals surface area contributed by atoms with Crippen LogP contribution in [0.25, 0.3) is 0 Å². The summed E-state index contributed by atoms with van der Waals surface area (Å²) in [5, 5.41) is 15.9. The number of pyridine rings is 1. The van der Waals surface area contributed by atoms with Gasteiger partial charge in [0.2, 0.25) is 5.91 Å². The highest BCUT2D eigenvalue weighted by molar-refractivity contribution is 6.01. The molecular formula is C21H22N4O4. The van der Waals surface area contributed by atoms with Gasteiger partial charge in [-0.3, -0.25) is 19.8 Å². The first-order valence-corrected chi connectivity index (χ1v) is 9.63. The number of rotatable bonds is 5. The lowest BCUT2D eigenvalue weighted by molar-refractivity contribution is -0.133. The summed E-state index contributed by atoms with van der Waals surface area (Å²) in [6.07, 6.45) is 6.10. The van der Waals surface area contributed by atoms with Crippen molar-refractivity contribution in [2.45, 2.75) is 37.8 Å². The minimum absolute atomic E-state index is 0.199. The van der Waals surface area contributed by atoms with Gasteiger partial charge in [-0.1, -0.05) is 23.7 Å². The average molecular weight is 394 g/mol. The zero-order valence-electron chi connectivity index (χ0n) is 15.7. The van der Waals surface area contributed by atoms with Crippen molar-refractivity contribution in [2.75, 3.05) is 0 Å². The third-order valence-corrected chi connectivity index (χ3v) is 5.49. The maximum absolute atomic E-state index is 12.6. The van der Waals surface area contributed by atoms with Crippen LogP contribution in [0.4, 0.5) is 0 Å². The van der Waals surface area contributed by atoms with Gasteiger partial charge >= 0.3 is 0 Å². The van der Waals surface area contributed by atoms with E-state index in [4.69, 9.17) is 10.0 Å². The summed E-state index contributed by atoms with van der Waals surface area (Å²) in [4.78, 5) is 33.9. The summed E-state index contributed by atoms with van der Waals surface area (Å²) < 4.78 is 0. The zero-order chi connectivity index (χ0) is 20.2. The Morgan fingerprint density at radius 2 is 1.97 bits per heavy atom. The van der Waals surface area contributed by atoms with Gasteiger partial charge in [-0.25, -0.2) is 5.48 Å². The van der Waals surface area contributed by atoms with Crippen molar-refractivity contribution in [3.05, 3.63) is 65.5 Å². The van der Waals surface area contributed by atoms with E-state index in [1.807, 2.05) is 24.3 Å². The molecule has 8 heteroatoms. The van der Waals surface area contributed by atoms with Gasteiger partial charge in [0.25, 0.3) is 5.91 Å². The van der Waals surface area contributed by atoms with Gasteiger partial charge in [0.1, 0.15) is 0 Å². The number of carbonyl (C=O) groups is 2. The van der Waals surface area contributed by atoms with Crippen molar-refractivity contribution >= 4 is 17.5 Å². The number of nitrogens with one attached hydrogen (secondary N) is 2. The Bertz CT molecular complexity index is 914. The number of carbonyl (C=O) groups excluding carboxylic acids is 2. The van der Waals surface area contributed by atoms with E-state index in [1.54, 1.807) is 30.0 Å². The zero-order valence-corrected chi connectivity index (χ0v) is 15.7. The van der Waals surface area contributed by atoms with Crippen molar-refractivity contribution in [3.8, 4) is 0 Å². The van der Waals surface area contributed by atoms with Crippen molar-refractivity contribution in [3.63, 3.8) is 0 Å². The van der Waals surface area contributed by atoms with Crippen LogP contribution in [0, 0.1) is 5.92 Å². The number of benzene rings is 1. The van der Waals surface area contributed by atoms with Gasteiger partial charge < -0.3 is 10.2 Å². The minimum atomic E-state index is -0.453. The van der Waals surface area contributed by atoms with E-state index in [9.17, 15) is 9.59 Å². The number of oxime groups is 1. The van der Waals surface area contributed by atoms with Gasteiger partial charge in [0.05, 0.1) is 11.6 Å². The molecule has 2 heterocycles. The van der Waals surface area contributed by atoms with Crippen LogP contribution in [0.15, 0.2) is 53.9 Å². The van der Waals surface area contributed by atoms with Crippen LogP contribution in [0.1, 0.15) is 53.3 Å². The van der Waals surface area contributed by atoms with E-state index in [2.05, 4.69) is 15.5 Å². The van der Waals surface area contributed by atoms with Crippen LogP contribution >= 0.6 is 0 Å². The molecule has 1 aromatic carbocycles. The molecule has 2 aliphatic rings. The molecule has 2 amide bonds. The largest absolute Gasteiger partial charge is 0.387 e. The molecule has 0 saturated heterocycles. The van der Waals surface area contributed by atoms with Crippen molar-refractivity contribution in [2.24, 2.45) is 11.1 Å². The first-order valence-electron chi connectivity index (χ1n) is 9.63. The SMILES string of the molecule is O=C(NC1CCCC1C(=O)NO)c1ccc(C2CC(c3cccnc3)=NO2)cc1. The summed E-state index contributed by atoms with van der Waals surface area (Å²) in [6, 6.07) is 10.7. The predicted octanol–water partition coefficient (Wildman–Crippen LogP) is 2.35. The molecule has 1 saturated carbocycles. The summed E-state index contributed by atoms with van der Waals surface area (Å²) in [5.41, 5.74) is 4.91. The lowest BCUT2D eigenvalue weighted by Crippen LogP contribution is -2.43. The summed E-state index contributed by atoms with van der Waals surface area (Å²) in [6.45, 7) is 0. The first-order chi connectivity index (χ1) is 14.2. The molecule has 8 nitrogen and oxygen atoms in total. The van der Waals surface area contributed by atoms with Crippen LogP contribution in [-0.4, -0.2) is 33.8 Å². The maximum atomic E-state index is 12.6. The van der Waals surface area contributed by atoms with Gasteiger partial charge in [0.15, 0.2) is 6.10 Å².